The lowest BCUT2D eigenvalue weighted by atomic mass is 10.2. The third-order valence-corrected chi connectivity index (χ3v) is 4.92. The molecule has 0 atom stereocenters. The maximum Gasteiger partial charge on any atom is 0.330 e. The van der Waals surface area contributed by atoms with Gasteiger partial charge in [0, 0.05) is 13.0 Å². The molecule has 0 aliphatic rings. The smallest absolute Gasteiger partial charge is 0.330 e. The predicted molar refractivity (Wildman–Crippen MR) is 119 cm³/mol. The van der Waals surface area contributed by atoms with Gasteiger partial charge in [0.05, 0.1) is 19.6 Å². The Hall–Kier alpha value is -3.73. The predicted octanol–water partition coefficient (Wildman–Crippen LogP) is 0.597. The quantitative estimate of drug-likeness (QED) is 0.491. The van der Waals surface area contributed by atoms with Crippen LogP contribution in [0, 0.1) is 0 Å². The molecule has 2 heterocycles. The van der Waals surface area contributed by atoms with E-state index in [0.29, 0.717) is 18.1 Å². The van der Waals surface area contributed by atoms with Crippen LogP contribution in [0.2, 0.25) is 0 Å². The van der Waals surface area contributed by atoms with Crippen LogP contribution < -0.4 is 21.9 Å². The number of H-pyrrole nitrogens is 1. The summed E-state index contributed by atoms with van der Waals surface area (Å²) in [6.07, 6.45) is 0.649. The summed E-state index contributed by atoms with van der Waals surface area (Å²) >= 11 is 0. The van der Waals surface area contributed by atoms with E-state index in [0.717, 1.165) is 5.56 Å². The number of benzene rings is 1. The second-order valence-electron chi connectivity index (χ2n) is 7.33. The minimum Gasteiger partial charge on any atom is -0.383 e. The lowest BCUT2D eigenvalue weighted by Gasteiger charge is -2.25. The molecule has 0 radical (unpaired) electrons. The number of anilines is 2. The Morgan fingerprint density at radius 3 is 2.56 bits per heavy atom. The molecule has 11 heteroatoms. The van der Waals surface area contributed by atoms with Crippen molar-refractivity contribution in [1.29, 1.82) is 0 Å². The fourth-order valence-electron chi connectivity index (χ4n) is 3.32. The second kappa shape index (κ2) is 10.1. The van der Waals surface area contributed by atoms with Crippen molar-refractivity contribution in [2.24, 2.45) is 0 Å². The summed E-state index contributed by atoms with van der Waals surface area (Å²) in [6.45, 7) is 4.26. The van der Waals surface area contributed by atoms with Crippen molar-refractivity contribution in [2.45, 2.75) is 33.4 Å². The molecule has 0 saturated carbocycles. The number of nitrogens with two attached hydrogens (primary N) is 1. The Balaban J connectivity index is 1.83. The monoisotopic (exact) mass is 441 g/mol. The van der Waals surface area contributed by atoms with Gasteiger partial charge in [0.1, 0.15) is 5.82 Å². The summed E-state index contributed by atoms with van der Waals surface area (Å²) in [4.78, 5) is 47.5. The normalized spacial score (nSPS) is 11.1. The lowest BCUT2D eigenvalue weighted by molar-refractivity contribution is -0.119. The topological polar surface area (TPSA) is 143 Å². The molecule has 1 aromatic carbocycles. The molecule has 0 aliphatic carbocycles. The maximum absolute atomic E-state index is 13.0. The van der Waals surface area contributed by atoms with Gasteiger partial charge in [-0.05, 0) is 19.5 Å². The number of likely N-dealkylation sites (N-methyl/N-ethyl adjacent to an activating group) is 2. The molecule has 0 unspecified atom stereocenters. The van der Waals surface area contributed by atoms with Crippen molar-refractivity contribution < 1.29 is 9.32 Å². The molecule has 170 valence electrons. The molecular weight excluding hydrogens is 414 g/mol. The third kappa shape index (κ3) is 5.11. The van der Waals surface area contributed by atoms with Crippen LogP contribution in [0.3, 0.4) is 0 Å². The number of carbonyl (C=O) groups is 1. The molecule has 3 aromatic rings. The highest BCUT2D eigenvalue weighted by Crippen LogP contribution is 2.18. The number of carbonyl (C=O) groups excluding carboxylic acids is 1. The highest BCUT2D eigenvalue weighted by Gasteiger charge is 2.24. The van der Waals surface area contributed by atoms with Gasteiger partial charge in [-0.25, -0.2) is 4.79 Å². The summed E-state index contributed by atoms with van der Waals surface area (Å²) in [7, 11) is 1.73. The van der Waals surface area contributed by atoms with Gasteiger partial charge in [0.2, 0.25) is 11.8 Å². The summed E-state index contributed by atoms with van der Waals surface area (Å²) in [5.41, 5.74) is 5.66. The van der Waals surface area contributed by atoms with E-state index >= 15 is 0 Å². The van der Waals surface area contributed by atoms with Gasteiger partial charge in [0.15, 0.2) is 11.5 Å². The fourth-order valence-corrected chi connectivity index (χ4v) is 3.32. The summed E-state index contributed by atoms with van der Waals surface area (Å²) < 4.78 is 6.41. The van der Waals surface area contributed by atoms with Crippen molar-refractivity contribution in [3.05, 3.63) is 68.4 Å². The van der Waals surface area contributed by atoms with Crippen molar-refractivity contribution in [3.63, 3.8) is 0 Å². The Kier molecular flexibility index (Phi) is 7.21. The van der Waals surface area contributed by atoms with Crippen molar-refractivity contribution in [2.75, 3.05) is 30.8 Å². The molecule has 0 saturated heterocycles. The number of amides is 1. The molecule has 2 aromatic heterocycles. The van der Waals surface area contributed by atoms with E-state index in [2.05, 4.69) is 15.1 Å². The zero-order valence-corrected chi connectivity index (χ0v) is 18.4. The minimum atomic E-state index is -0.709. The molecular formula is C21H27N7O4. The Bertz CT molecular complexity index is 1180. The van der Waals surface area contributed by atoms with Gasteiger partial charge >= 0.3 is 5.69 Å². The zero-order chi connectivity index (χ0) is 23.3. The molecule has 11 nitrogen and oxygen atoms in total. The van der Waals surface area contributed by atoms with Gasteiger partial charge in [-0.2, -0.15) is 4.98 Å². The first-order valence-corrected chi connectivity index (χ1v) is 10.3. The number of nitrogens with one attached hydrogen (secondary N) is 1. The largest absolute Gasteiger partial charge is 0.383 e. The standard InChI is InChI=1S/C21H27N7O4/c1-4-15-23-16(32-25-15)12-26(3)13-17(29)27(5-2)18-19(22)28(21(31)24-20(18)30)11-14-9-7-6-8-10-14/h6-10H,4-5,11-13,22H2,1-3H3,(H,24,30,31). The number of nitrogen functional groups attached to an aromatic ring is 1. The summed E-state index contributed by atoms with van der Waals surface area (Å²) in [5, 5.41) is 3.84. The number of nitrogens with zero attached hydrogens (tertiary/aromatic N) is 5. The lowest BCUT2D eigenvalue weighted by Crippen LogP contribution is -2.44. The Morgan fingerprint density at radius 2 is 1.94 bits per heavy atom. The highest BCUT2D eigenvalue weighted by atomic mass is 16.5. The van der Waals surface area contributed by atoms with Crippen molar-refractivity contribution >= 4 is 17.4 Å². The number of hydrogen-bond donors (Lipinski definition) is 2. The molecule has 32 heavy (non-hydrogen) atoms. The molecule has 3 rings (SSSR count). The summed E-state index contributed by atoms with van der Waals surface area (Å²) in [5.74, 6) is 0.571. The first kappa shape index (κ1) is 22.9. The van der Waals surface area contributed by atoms with Gasteiger partial charge < -0.3 is 15.2 Å². The van der Waals surface area contributed by atoms with Crippen LogP contribution in [0.5, 0.6) is 0 Å². The highest BCUT2D eigenvalue weighted by molar-refractivity contribution is 5.96. The molecule has 0 spiro atoms. The van der Waals surface area contributed by atoms with Gasteiger partial charge in [-0.15, -0.1) is 0 Å². The molecule has 0 aliphatic heterocycles. The number of hydrogen-bond acceptors (Lipinski definition) is 8. The Morgan fingerprint density at radius 1 is 1.22 bits per heavy atom. The van der Waals surface area contributed by atoms with Crippen LogP contribution in [0.4, 0.5) is 11.5 Å². The minimum absolute atomic E-state index is 0.0195. The van der Waals surface area contributed by atoms with Gasteiger partial charge in [-0.3, -0.25) is 24.0 Å². The molecule has 3 N–H and O–H groups in total. The van der Waals surface area contributed by atoms with Crippen LogP contribution in [0.1, 0.15) is 31.1 Å². The average molecular weight is 441 g/mol. The van der Waals surface area contributed by atoms with Crippen LogP contribution in [0.15, 0.2) is 44.4 Å². The molecule has 1 amide bonds. The Labute approximate surface area is 184 Å². The van der Waals surface area contributed by atoms with E-state index < -0.39 is 11.2 Å². The van der Waals surface area contributed by atoms with Crippen LogP contribution in [0.25, 0.3) is 0 Å². The summed E-state index contributed by atoms with van der Waals surface area (Å²) in [6, 6.07) is 9.23. The van der Waals surface area contributed by atoms with Crippen molar-refractivity contribution in [3.8, 4) is 0 Å². The zero-order valence-electron chi connectivity index (χ0n) is 18.4. The first-order chi connectivity index (χ1) is 15.3. The number of aryl methyl sites for hydroxylation is 1. The van der Waals surface area contributed by atoms with E-state index in [-0.39, 0.29) is 43.6 Å². The van der Waals surface area contributed by atoms with Crippen LogP contribution in [-0.2, 0) is 24.3 Å². The van der Waals surface area contributed by atoms with E-state index in [1.165, 1.54) is 9.47 Å². The second-order valence-corrected chi connectivity index (χ2v) is 7.33. The van der Waals surface area contributed by atoms with Crippen molar-refractivity contribution in [1.82, 2.24) is 24.6 Å². The van der Waals surface area contributed by atoms with Gasteiger partial charge in [0.25, 0.3) is 5.56 Å². The van der Waals surface area contributed by atoms with Crippen LogP contribution >= 0.6 is 0 Å². The van der Waals surface area contributed by atoms with Crippen LogP contribution in [-0.4, -0.2) is 50.6 Å². The number of aromatic nitrogens is 4. The molecule has 0 fully saturated rings. The van der Waals surface area contributed by atoms with E-state index in [4.69, 9.17) is 10.3 Å². The average Bonchev–Trinajstić information content (AvgIpc) is 3.22. The SMILES string of the molecule is CCc1noc(CN(C)CC(=O)N(CC)c2c(N)n(Cc3ccccc3)c(=O)[nH]c2=O)n1. The maximum atomic E-state index is 13.0. The third-order valence-electron chi connectivity index (χ3n) is 4.92. The van der Waals surface area contributed by atoms with Gasteiger partial charge in [-0.1, -0.05) is 42.4 Å². The molecule has 0 bridgehead atoms. The van der Waals surface area contributed by atoms with E-state index in [1.54, 1.807) is 18.9 Å². The van der Waals surface area contributed by atoms with E-state index in [9.17, 15) is 14.4 Å². The number of rotatable bonds is 9. The number of aromatic amines is 1. The van der Waals surface area contributed by atoms with E-state index in [1.807, 2.05) is 37.3 Å². The fraction of sp³-hybridized carbons (Fsp3) is 0.381. The first-order valence-electron chi connectivity index (χ1n) is 10.3.